The van der Waals surface area contributed by atoms with Gasteiger partial charge in [0.15, 0.2) is 0 Å². The number of carboxylic acids is 1. The number of rotatable bonds is 6. The highest BCUT2D eigenvalue weighted by atomic mass is 19.1. The SMILES string of the molecule is Cc1ccc(-c2ccc(CCC(=O)O)n2NC(=O)c2ccc(F)cc2)cc1. The van der Waals surface area contributed by atoms with E-state index in [-0.39, 0.29) is 12.8 Å². The fraction of sp³-hybridized carbons (Fsp3) is 0.143. The van der Waals surface area contributed by atoms with Crippen molar-refractivity contribution in [1.82, 2.24) is 4.68 Å². The van der Waals surface area contributed by atoms with Gasteiger partial charge in [-0.2, -0.15) is 0 Å². The van der Waals surface area contributed by atoms with Crippen LogP contribution in [0.1, 0.15) is 28.0 Å². The second-order valence-electron chi connectivity index (χ2n) is 6.25. The van der Waals surface area contributed by atoms with Gasteiger partial charge < -0.3 is 5.11 Å². The first-order chi connectivity index (χ1) is 12.9. The zero-order chi connectivity index (χ0) is 19.4. The molecule has 2 aromatic carbocycles. The molecule has 1 heterocycles. The third-order valence-electron chi connectivity index (χ3n) is 4.22. The molecule has 3 aromatic rings. The second-order valence-corrected chi connectivity index (χ2v) is 6.25. The van der Waals surface area contributed by atoms with Crippen LogP contribution in [0.4, 0.5) is 4.39 Å². The van der Waals surface area contributed by atoms with Crippen molar-refractivity contribution in [3.8, 4) is 11.3 Å². The molecule has 3 rings (SSSR count). The maximum atomic E-state index is 13.1. The molecule has 27 heavy (non-hydrogen) atoms. The molecule has 0 fully saturated rings. The molecule has 0 atom stereocenters. The molecule has 0 spiro atoms. The lowest BCUT2D eigenvalue weighted by Crippen LogP contribution is -2.25. The number of aromatic nitrogens is 1. The number of halogens is 1. The molecular formula is C21H19FN2O3. The maximum Gasteiger partial charge on any atom is 0.303 e. The maximum absolute atomic E-state index is 13.1. The van der Waals surface area contributed by atoms with Crippen LogP contribution in [0.15, 0.2) is 60.7 Å². The monoisotopic (exact) mass is 366 g/mol. The molecule has 6 heteroatoms. The lowest BCUT2D eigenvalue weighted by atomic mass is 10.1. The van der Waals surface area contributed by atoms with Gasteiger partial charge in [-0.15, -0.1) is 0 Å². The third-order valence-corrected chi connectivity index (χ3v) is 4.22. The van der Waals surface area contributed by atoms with Crippen LogP contribution in [-0.4, -0.2) is 21.7 Å². The van der Waals surface area contributed by atoms with Crippen LogP contribution in [0.5, 0.6) is 0 Å². The summed E-state index contributed by atoms with van der Waals surface area (Å²) in [5.41, 5.74) is 6.51. The summed E-state index contributed by atoms with van der Waals surface area (Å²) in [6.45, 7) is 1.98. The summed E-state index contributed by atoms with van der Waals surface area (Å²) < 4.78 is 14.7. The van der Waals surface area contributed by atoms with Gasteiger partial charge in [-0.3, -0.25) is 19.7 Å². The number of aryl methyl sites for hydroxylation is 2. The molecule has 1 amide bonds. The van der Waals surface area contributed by atoms with E-state index in [2.05, 4.69) is 5.43 Å². The number of carbonyl (C=O) groups excluding carboxylic acids is 1. The lowest BCUT2D eigenvalue weighted by molar-refractivity contribution is -0.136. The van der Waals surface area contributed by atoms with Crippen molar-refractivity contribution >= 4 is 11.9 Å². The highest BCUT2D eigenvalue weighted by Gasteiger charge is 2.15. The molecule has 2 N–H and O–H groups in total. The van der Waals surface area contributed by atoms with Gasteiger partial charge in [-0.05, 0) is 43.3 Å². The molecule has 1 aromatic heterocycles. The molecule has 0 radical (unpaired) electrons. The fourth-order valence-corrected chi connectivity index (χ4v) is 2.76. The number of carboxylic acid groups (broad SMARTS) is 1. The quantitative estimate of drug-likeness (QED) is 0.693. The summed E-state index contributed by atoms with van der Waals surface area (Å²) in [4.78, 5) is 23.5. The number of benzene rings is 2. The van der Waals surface area contributed by atoms with Crippen molar-refractivity contribution in [2.24, 2.45) is 0 Å². The Bertz CT molecular complexity index is 960. The Labute approximate surface area is 156 Å². The number of nitrogens with one attached hydrogen (secondary N) is 1. The van der Waals surface area contributed by atoms with E-state index in [0.717, 1.165) is 16.8 Å². The molecule has 0 aliphatic rings. The van der Waals surface area contributed by atoms with Gasteiger partial charge in [0.1, 0.15) is 5.82 Å². The summed E-state index contributed by atoms with van der Waals surface area (Å²) in [6, 6.07) is 16.7. The summed E-state index contributed by atoms with van der Waals surface area (Å²) in [7, 11) is 0. The standard InChI is InChI=1S/C21H19FN2O3/c1-14-2-4-15(5-3-14)19-12-10-18(11-13-20(25)26)24(19)23-21(27)16-6-8-17(22)9-7-16/h2-10,12H,11,13H2,1H3,(H,23,27)(H,25,26). The minimum absolute atomic E-state index is 0.0518. The van der Waals surface area contributed by atoms with Crippen LogP contribution in [-0.2, 0) is 11.2 Å². The molecule has 0 aliphatic carbocycles. The van der Waals surface area contributed by atoms with Crippen LogP contribution in [0.25, 0.3) is 11.3 Å². The van der Waals surface area contributed by atoms with Crippen molar-refractivity contribution in [3.05, 3.63) is 83.3 Å². The number of nitrogens with zero attached hydrogens (tertiary/aromatic N) is 1. The Morgan fingerprint density at radius 3 is 2.30 bits per heavy atom. The zero-order valence-electron chi connectivity index (χ0n) is 14.8. The van der Waals surface area contributed by atoms with E-state index in [9.17, 15) is 14.0 Å². The number of amides is 1. The van der Waals surface area contributed by atoms with Crippen molar-refractivity contribution in [2.75, 3.05) is 5.43 Å². The summed E-state index contributed by atoms with van der Waals surface area (Å²) in [5.74, 6) is -1.74. The average Bonchev–Trinajstić information content (AvgIpc) is 3.03. The third kappa shape index (κ3) is 4.41. The average molecular weight is 366 g/mol. The Morgan fingerprint density at radius 2 is 1.67 bits per heavy atom. The molecule has 0 saturated heterocycles. The Kier molecular flexibility index (Phi) is 5.35. The van der Waals surface area contributed by atoms with Gasteiger partial charge in [0.25, 0.3) is 5.91 Å². The first kappa shape index (κ1) is 18.4. The van der Waals surface area contributed by atoms with E-state index >= 15 is 0 Å². The van der Waals surface area contributed by atoms with Crippen LogP contribution < -0.4 is 5.43 Å². The second kappa shape index (κ2) is 7.86. The minimum Gasteiger partial charge on any atom is -0.481 e. The Hall–Kier alpha value is -3.41. The smallest absolute Gasteiger partial charge is 0.303 e. The van der Waals surface area contributed by atoms with E-state index in [0.29, 0.717) is 11.3 Å². The predicted octanol–water partition coefficient (Wildman–Crippen LogP) is 4.00. The van der Waals surface area contributed by atoms with Crippen LogP contribution >= 0.6 is 0 Å². The fourth-order valence-electron chi connectivity index (χ4n) is 2.76. The van der Waals surface area contributed by atoms with Gasteiger partial charge in [0.05, 0.1) is 12.1 Å². The molecule has 0 saturated carbocycles. The highest BCUT2D eigenvalue weighted by Crippen LogP contribution is 2.23. The molecule has 0 unspecified atom stereocenters. The first-order valence-corrected chi connectivity index (χ1v) is 8.50. The molecule has 5 nitrogen and oxygen atoms in total. The number of carbonyl (C=O) groups is 2. The van der Waals surface area contributed by atoms with E-state index < -0.39 is 17.7 Å². The van der Waals surface area contributed by atoms with Crippen molar-refractivity contribution < 1.29 is 19.1 Å². The van der Waals surface area contributed by atoms with Crippen molar-refractivity contribution in [3.63, 3.8) is 0 Å². The topological polar surface area (TPSA) is 71.3 Å². The minimum atomic E-state index is -0.913. The Balaban J connectivity index is 1.95. The largest absolute Gasteiger partial charge is 0.481 e. The first-order valence-electron chi connectivity index (χ1n) is 8.50. The number of hydrogen-bond acceptors (Lipinski definition) is 2. The normalized spacial score (nSPS) is 10.6. The van der Waals surface area contributed by atoms with Crippen molar-refractivity contribution in [1.29, 1.82) is 0 Å². The summed E-state index contributed by atoms with van der Waals surface area (Å²) >= 11 is 0. The lowest BCUT2D eigenvalue weighted by Gasteiger charge is -2.15. The van der Waals surface area contributed by atoms with E-state index in [1.165, 1.54) is 24.3 Å². The molecule has 0 aliphatic heterocycles. The number of aliphatic carboxylic acids is 1. The highest BCUT2D eigenvalue weighted by molar-refractivity contribution is 6.00. The van der Waals surface area contributed by atoms with Gasteiger partial charge in [0.2, 0.25) is 0 Å². The van der Waals surface area contributed by atoms with Crippen LogP contribution in [0.3, 0.4) is 0 Å². The molecular weight excluding hydrogens is 347 g/mol. The predicted molar refractivity (Wildman–Crippen MR) is 101 cm³/mol. The summed E-state index contributed by atoms with van der Waals surface area (Å²) in [5, 5.41) is 8.97. The van der Waals surface area contributed by atoms with E-state index in [1.54, 1.807) is 10.7 Å². The zero-order valence-corrected chi connectivity index (χ0v) is 14.8. The Morgan fingerprint density at radius 1 is 1.00 bits per heavy atom. The van der Waals surface area contributed by atoms with Crippen LogP contribution in [0.2, 0.25) is 0 Å². The number of hydrogen-bond donors (Lipinski definition) is 2. The molecule has 0 bridgehead atoms. The van der Waals surface area contributed by atoms with Crippen molar-refractivity contribution in [2.45, 2.75) is 19.8 Å². The molecule has 138 valence electrons. The van der Waals surface area contributed by atoms with Gasteiger partial charge >= 0.3 is 5.97 Å². The summed E-state index contributed by atoms with van der Waals surface area (Å²) in [6.07, 6.45) is 0.217. The van der Waals surface area contributed by atoms with Gasteiger partial charge in [-0.1, -0.05) is 29.8 Å². The van der Waals surface area contributed by atoms with Crippen LogP contribution in [0, 0.1) is 12.7 Å². The van der Waals surface area contributed by atoms with Gasteiger partial charge in [0, 0.05) is 23.2 Å². The van der Waals surface area contributed by atoms with E-state index in [1.807, 2.05) is 37.3 Å². The van der Waals surface area contributed by atoms with Gasteiger partial charge in [-0.25, -0.2) is 4.39 Å². The van der Waals surface area contributed by atoms with E-state index in [4.69, 9.17) is 5.11 Å².